The number of aliphatic hydroxyl groups excluding tert-OH is 1. The highest BCUT2D eigenvalue weighted by atomic mass is 16.4. The van der Waals surface area contributed by atoms with Gasteiger partial charge >= 0.3 is 5.97 Å². The topological polar surface area (TPSA) is 147 Å². The van der Waals surface area contributed by atoms with Crippen molar-refractivity contribution in [2.45, 2.75) is 89.7 Å². The summed E-state index contributed by atoms with van der Waals surface area (Å²) in [6.45, 7) is 2.06. The number of unbranched alkanes of at least 4 members (excludes halogenated alkanes) is 4. The number of hydrogen-bond donors (Lipinski definition) is 4. The molecular formula is C22H36N2O6. The number of nitrogens with two attached hydrogens (primary N) is 1. The standard InChI is InChI=1S/C22H36N2O6/c1-2-3-4-5-7-10-13-18(25)19(26)14-11-8-6-9-12-15-21(28)24-17(22(29)30)16-20(23)27/h3-4,7,10,17,19,26H,2,5-6,8-9,11-16H2,1H3,(H2,23,27)(H,24,28)(H,29,30)/b4-3-,10-7-/t17-,19?/m0/s1. The molecule has 170 valence electrons. The molecule has 30 heavy (non-hydrogen) atoms. The van der Waals surface area contributed by atoms with Gasteiger partial charge in [-0.3, -0.25) is 14.4 Å². The highest BCUT2D eigenvalue weighted by molar-refractivity contribution is 5.88. The predicted octanol–water partition coefficient (Wildman–Crippen LogP) is 2.39. The number of nitrogens with one attached hydrogen (secondary N) is 1. The molecular weight excluding hydrogens is 388 g/mol. The zero-order valence-corrected chi connectivity index (χ0v) is 17.8. The van der Waals surface area contributed by atoms with Crippen LogP contribution in [0.25, 0.3) is 0 Å². The molecule has 0 aromatic carbocycles. The van der Waals surface area contributed by atoms with E-state index in [9.17, 15) is 24.3 Å². The largest absolute Gasteiger partial charge is 0.480 e. The fourth-order valence-corrected chi connectivity index (χ4v) is 2.76. The summed E-state index contributed by atoms with van der Waals surface area (Å²) in [5, 5.41) is 21.1. The number of ketones is 1. The molecule has 5 N–H and O–H groups in total. The lowest BCUT2D eigenvalue weighted by atomic mass is 10.0. The molecule has 0 rings (SSSR count). The van der Waals surface area contributed by atoms with Crippen LogP contribution in [0.2, 0.25) is 0 Å². The van der Waals surface area contributed by atoms with Crippen LogP contribution >= 0.6 is 0 Å². The van der Waals surface area contributed by atoms with Crippen molar-refractivity contribution in [3.63, 3.8) is 0 Å². The molecule has 8 nitrogen and oxygen atoms in total. The van der Waals surface area contributed by atoms with Crippen molar-refractivity contribution in [2.24, 2.45) is 5.73 Å². The van der Waals surface area contributed by atoms with Crippen LogP contribution in [-0.4, -0.2) is 45.9 Å². The Morgan fingerprint density at radius 1 is 0.967 bits per heavy atom. The first kappa shape index (κ1) is 27.5. The maximum Gasteiger partial charge on any atom is 0.326 e. The van der Waals surface area contributed by atoms with Gasteiger partial charge in [0.15, 0.2) is 5.78 Å². The number of carboxylic acids is 1. The molecule has 0 aromatic rings. The molecule has 8 heteroatoms. The molecule has 0 saturated carbocycles. The maximum atomic E-state index is 11.8. The van der Waals surface area contributed by atoms with Crippen molar-refractivity contribution in [1.82, 2.24) is 5.32 Å². The molecule has 1 unspecified atom stereocenters. The van der Waals surface area contributed by atoms with E-state index in [1.54, 1.807) is 6.08 Å². The zero-order chi connectivity index (χ0) is 22.8. The second-order valence-electron chi connectivity index (χ2n) is 7.21. The lowest BCUT2D eigenvalue weighted by Crippen LogP contribution is -2.43. The lowest BCUT2D eigenvalue weighted by Gasteiger charge is -2.12. The Balaban J connectivity index is 3.82. The summed E-state index contributed by atoms with van der Waals surface area (Å²) >= 11 is 0. The van der Waals surface area contributed by atoms with E-state index in [0.717, 1.165) is 38.5 Å². The maximum absolute atomic E-state index is 11.8. The lowest BCUT2D eigenvalue weighted by molar-refractivity contribution is -0.143. The Morgan fingerprint density at radius 2 is 1.60 bits per heavy atom. The van der Waals surface area contributed by atoms with E-state index in [4.69, 9.17) is 10.8 Å². The normalized spacial score (nSPS) is 13.4. The smallest absolute Gasteiger partial charge is 0.326 e. The average molecular weight is 425 g/mol. The number of primary amides is 1. The SMILES string of the molecule is CC/C=C\C/C=C\CC(=O)C(O)CCCCCCCC(=O)N[C@@H](CC(N)=O)C(=O)O. The van der Waals surface area contributed by atoms with Crippen molar-refractivity contribution in [2.75, 3.05) is 0 Å². The van der Waals surface area contributed by atoms with Crippen LogP contribution in [0.3, 0.4) is 0 Å². The van der Waals surface area contributed by atoms with Crippen LogP contribution < -0.4 is 11.1 Å². The fourth-order valence-electron chi connectivity index (χ4n) is 2.76. The van der Waals surface area contributed by atoms with Gasteiger partial charge in [-0.25, -0.2) is 4.79 Å². The van der Waals surface area contributed by atoms with Crippen LogP contribution in [0.15, 0.2) is 24.3 Å². The van der Waals surface area contributed by atoms with Gasteiger partial charge in [-0.05, 0) is 25.7 Å². The quantitative estimate of drug-likeness (QED) is 0.196. The number of Topliss-reactive ketones (excluding diaryl/α,β-unsaturated/α-hetero) is 1. The number of carboxylic acid groups (broad SMARTS) is 1. The Morgan fingerprint density at radius 3 is 2.23 bits per heavy atom. The molecule has 2 atom stereocenters. The van der Waals surface area contributed by atoms with Gasteiger partial charge in [-0.15, -0.1) is 0 Å². The van der Waals surface area contributed by atoms with Gasteiger partial charge in [0.1, 0.15) is 12.1 Å². The van der Waals surface area contributed by atoms with E-state index in [-0.39, 0.29) is 18.6 Å². The second-order valence-corrected chi connectivity index (χ2v) is 7.21. The third kappa shape index (κ3) is 15.4. The third-order valence-corrected chi connectivity index (χ3v) is 4.45. The summed E-state index contributed by atoms with van der Waals surface area (Å²) in [5.41, 5.74) is 4.96. The number of carbonyl (C=O) groups is 4. The van der Waals surface area contributed by atoms with Crippen molar-refractivity contribution in [1.29, 1.82) is 0 Å². The number of rotatable bonds is 18. The molecule has 0 radical (unpaired) electrons. The van der Waals surface area contributed by atoms with Gasteiger partial charge in [0, 0.05) is 12.8 Å². The highest BCUT2D eigenvalue weighted by Crippen LogP contribution is 2.10. The summed E-state index contributed by atoms with van der Waals surface area (Å²) in [7, 11) is 0. The van der Waals surface area contributed by atoms with Crippen LogP contribution in [0.1, 0.15) is 77.6 Å². The molecule has 0 spiro atoms. The molecule has 0 aromatic heterocycles. The zero-order valence-electron chi connectivity index (χ0n) is 17.8. The Bertz CT molecular complexity index is 600. The van der Waals surface area contributed by atoms with Gasteiger partial charge in [-0.2, -0.15) is 0 Å². The van der Waals surface area contributed by atoms with Crippen LogP contribution in [0.4, 0.5) is 0 Å². The molecule has 0 heterocycles. The number of hydrogen-bond acceptors (Lipinski definition) is 5. The molecule has 2 amide bonds. The third-order valence-electron chi connectivity index (χ3n) is 4.45. The minimum atomic E-state index is -1.29. The van der Waals surface area contributed by atoms with Crippen molar-refractivity contribution in [3.8, 4) is 0 Å². The molecule has 0 aliphatic carbocycles. The van der Waals surface area contributed by atoms with Gasteiger partial charge in [0.25, 0.3) is 0 Å². The van der Waals surface area contributed by atoms with Gasteiger partial charge < -0.3 is 21.3 Å². The fraction of sp³-hybridized carbons (Fsp3) is 0.636. The van der Waals surface area contributed by atoms with E-state index >= 15 is 0 Å². The summed E-state index contributed by atoms with van der Waals surface area (Å²) in [5.74, 6) is -2.68. The Kier molecular flexibility index (Phi) is 15.9. The number of allylic oxidation sites excluding steroid dienone is 4. The van der Waals surface area contributed by atoms with Gasteiger partial charge in [-0.1, -0.05) is 56.9 Å². The van der Waals surface area contributed by atoms with Crippen LogP contribution in [0.5, 0.6) is 0 Å². The first-order valence-corrected chi connectivity index (χ1v) is 10.6. The van der Waals surface area contributed by atoms with Gasteiger partial charge in [0.05, 0.1) is 6.42 Å². The first-order valence-electron chi connectivity index (χ1n) is 10.6. The first-order chi connectivity index (χ1) is 14.3. The number of aliphatic hydroxyl groups is 1. The monoisotopic (exact) mass is 424 g/mol. The molecule has 0 bridgehead atoms. The summed E-state index contributed by atoms with van der Waals surface area (Å²) in [4.78, 5) is 45.4. The summed E-state index contributed by atoms with van der Waals surface area (Å²) < 4.78 is 0. The number of carbonyl (C=O) groups excluding carboxylic acids is 3. The van der Waals surface area contributed by atoms with Crippen molar-refractivity contribution >= 4 is 23.6 Å². The summed E-state index contributed by atoms with van der Waals surface area (Å²) in [6.07, 6.45) is 12.8. The Hall–Kier alpha value is -2.48. The van der Waals surface area contributed by atoms with E-state index < -0.39 is 36.4 Å². The Labute approximate surface area is 178 Å². The molecule has 0 aliphatic heterocycles. The highest BCUT2D eigenvalue weighted by Gasteiger charge is 2.21. The van der Waals surface area contributed by atoms with Crippen molar-refractivity contribution < 1.29 is 29.4 Å². The average Bonchev–Trinajstić information content (AvgIpc) is 2.68. The molecule has 0 fully saturated rings. The second kappa shape index (κ2) is 17.4. The van der Waals surface area contributed by atoms with Crippen molar-refractivity contribution in [3.05, 3.63) is 24.3 Å². The predicted molar refractivity (Wildman–Crippen MR) is 115 cm³/mol. The minimum Gasteiger partial charge on any atom is -0.480 e. The van der Waals surface area contributed by atoms with E-state index in [1.807, 2.05) is 12.2 Å². The van der Waals surface area contributed by atoms with Crippen LogP contribution in [-0.2, 0) is 19.2 Å². The molecule has 0 saturated heterocycles. The van der Waals surface area contributed by atoms with Gasteiger partial charge in [0.2, 0.25) is 11.8 Å². The summed E-state index contributed by atoms with van der Waals surface area (Å²) in [6, 6.07) is -1.29. The molecule has 0 aliphatic rings. The van der Waals surface area contributed by atoms with E-state index in [2.05, 4.69) is 18.3 Å². The number of amides is 2. The minimum absolute atomic E-state index is 0.170. The van der Waals surface area contributed by atoms with Crippen LogP contribution in [0, 0.1) is 0 Å². The number of aliphatic carboxylic acids is 1. The van der Waals surface area contributed by atoms with E-state index in [1.165, 1.54) is 0 Å². The van der Waals surface area contributed by atoms with E-state index in [0.29, 0.717) is 12.8 Å².